The first-order valence-electron chi connectivity index (χ1n) is 6.20. The molecule has 0 radical (unpaired) electrons. The van der Waals surface area contributed by atoms with Gasteiger partial charge in [0.1, 0.15) is 0 Å². The largest absolute Gasteiger partial charge is 0.476 e. The Morgan fingerprint density at radius 2 is 2.15 bits per heavy atom. The summed E-state index contributed by atoms with van der Waals surface area (Å²) in [7, 11) is 0. The minimum atomic E-state index is -1.04. The van der Waals surface area contributed by atoms with Crippen LogP contribution in [0.3, 0.4) is 0 Å². The zero-order valence-electron chi connectivity index (χ0n) is 10.4. The van der Waals surface area contributed by atoms with Gasteiger partial charge >= 0.3 is 5.97 Å². The Morgan fingerprint density at radius 1 is 1.35 bits per heavy atom. The molecule has 1 aromatic carbocycles. The minimum absolute atomic E-state index is 0.0368. The highest BCUT2D eigenvalue weighted by atomic mass is 35.5. The highest BCUT2D eigenvalue weighted by molar-refractivity contribution is 6.42. The van der Waals surface area contributed by atoms with Crippen molar-refractivity contribution in [2.24, 2.45) is 0 Å². The third-order valence-corrected chi connectivity index (χ3v) is 4.25. The molecule has 1 aliphatic rings. The van der Waals surface area contributed by atoms with Crippen LogP contribution in [0.25, 0.3) is 0 Å². The Morgan fingerprint density at radius 3 is 2.85 bits per heavy atom. The molecule has 1 unspecified atom stereocenters. The van der Waals surface area contributed by atoms with E-state index in [4.69, 9.17) is 28.3 Å². The highest BCUT2D eigenvalue weighted by Gasteiger charge is 2.28. The number of fused-ring (bicyclic) bond motifs is 1. The molecular weight excluding hydrogens is 301 g/mol. The zero-order chi connectivity index (χ0) is 14.3. The van der Waals surface area contributed by atoms with Gasteiger partial charge in [0.15, 0.2) is 5.69 Å². The van der Waals surface area contributed by atoms with Crippen molar-refractivity contribution in [3.63, 3.8) is 0 Å². The van der Waals surface area contributed by atoms with Crippen LogP contribution < -0.4 is 0 Å². The van der Waals surface area contributed by atoms with Crippen molar-refractivity contribution in [3.8, 4) is 0 Å². The summed E-state index contributed by atoms with van der Waals surface area (Å²) in [5.41, 5.74) is 1.66. The molecule has 0 fully saturated rings. The van der Waals surface area contributed by atoms with Gasteiger partial charge in [0.25, 0.3) is 0 Å². The Bertz CT molecular complexity index is 684. The van der Waals surface area contributed by atoms with Crippen molar-refractivity contribution < 1.29 is 9.90 Å². The number of hydrogen-bond donors (Lipinski definition) is 1. The lowest BCUT2D eigenvalue weighted by Crippen LogP contribution is -2.21. The number of halogens is 2. The first-order valence-corrected chi connectivity index (χ1v) is 6.96. The number of aromatic nitrogens is 3. The molecule has 104 valence electrons. The number of carboxylic acid groups (broad SMARTS) is 1. The maximum absolute atomic E-state index is 11.1. The molecule has 2 aromatic rings. The van der Waals surface area contributed by atoms with Crippen molar-refractivity contribution in [2.75, 3.05) is 0 Å². The molecular formula is C13H11Cl2N3O2. The fraction of sp³-hybridized carbons (Fsp3) is 0.308. The fourth-order valence-electron chi connectivity index (χ4n) is 2.58. The minimum Gasteiger partial charge on any atom is -0.476 e. The second kappa shape index (κ2) is 5.07. The number of hydrogen-bond acceptors (Lipinski definition) is 3. The zero-order valence-corrected chi connectivity index (χ0v) is 11.9. The first-order chi connectivity index (χ1) is 9.58. The van der Waals surface area contributed by atoms with Gasteiger partial charge < -0.3 is 5.11 Å². The van der Waals surface area contributed by atoms with E-state index < -0.39 is 5.97 Å². The van der Waals surface area contributed by atoms with Crippen LogP contribution in [-0.4, -0.2) is 26.1 Å². The Labute approximate surface area is 125 Å². The Balaban J connectivity index is 2.05. The van der Waals surface area contributed by atoms with Crippen LogP contribution >= 0.6 is 23.2 Å². The van der Waals surface area contributed by atoms with Crippen molar-refractivity contribution in [2.45, 2.75) is 25.3 Å². The van der Waals surface area contributed by atoms with Crippen molar-refractivity contribution in [1.29, 1.82) is 0 Å². The topological polar surface area (TPSA) is 68.0 Å². The van der Waals surface area contributed by atoms with E-state index in [0.29, 0.717) is 22.2 Å². The third kappa shape index (κ3) is 2.17. The average Bonchev–Trinajstić information content (AvgIpc) is 2.86. The maximum Gasteiger partial charge on any atom is 0.358 e. The maximum atomic E-state index is 11.1. The molecule has 20 heavy (non-hydrogen) atoms. The van der Waals surface area contributed by atoms with E-state index in [1.54, 1.807) is 16.8 Å². The number of benzene rings is 1. The lowest BCUT2D eigenvalue weighted by Gasteiger charge is -2.24. The molecule has 0 aliphatic carbocycles. The molecule has 0 bridgehead atoms. The molecule has 0 saturated heterocycles. The summed E-state index contributed by atoms with van der Waals surface area (Å²) in [6, 6.07) is 5.37. The number of nitrogens with zero attached hydrogens (tertiary/aromatic N) is 3. The molecule has 1 N–H and O–H groups in total. The van der Waals surface area contributed by atoms with Crippen LogP contribution in [-0.2, 0) is 6.42 Å². The van der Waals surface area contributed by atoms with E-state index in [1.165, 1.54) is 0 Å². The molecule has 5 nitrogen and oxygen atoms in total. The predicted octanol–water partition coefficient (Wildman–Crippen LogP) is 3.21. The monoisotopic (exact) mass is 311 g/mol. The highest BCUT2D eigenvalue weighted by Crippen LogP contribution is 2.33. The summed E-state index contributed by atoms with van der Waals surface area (Å²) in [5, 5.41) is 17.9. The Hall–Kier alpha value is -1.59. The molecule has 0 spiro atoms. The van der Waals surface area contributed by atoms with Crippen molar-refractivity contribution in [1.82, 2.24) is 15.0 Å². The molecule has 3 rings (SSSR count). The second-order valence-corrected chi connectivity index (χ2v) is 5.53. The quantitative estimate of drug-likeness (QED) is 0.924. The van der Waals surface area contributed by atoms with Gasteiger partial charge in [-0.2, -0.15) is 0 Å². The lowest BCUT2D eigenvalue weighted by atomic mass is 9.96. The van der Waals surface area contributed by atoms with Crippen LogP contribution in [0, 0.1) is 0 Å². The van der Waals surface area contributed by atoms with Crippen LogP contribution in [0.15, 0.2) is 18.2 Å². The molecule has 1 aliphatic heterocycles. The molecule has 2 heterocycles. The van der Waals surface area contributed by atoms with Gasteiger partial charge in [0, 0.05) is 0 Å². The van der Waals surface area contributed by atoms with Gasteiger partial charge in [-0.05, 0) is 37.0 Å². The Kier molecular flexibility index (Phi) is 3.40. The molecule has 0 amide bonds. The number of carbonyl (C=O) groups is 1. The van der Waals surface area contributed by atoms with Gasteiger partial charge in [-0.25, -0.2) is 9.48 Å². The van der Waals surface area contributed by atoms with Crippen LogP contribution in [0.1, 0.15) is 40.6 Å². The summed E-state index contributed by atoms with van der Waals surface area (Å²) in [6.07, 6.45) is 2.43. The van der Waals surface area contributed by atoms with E-state index in [2.05, 4.69) is 10.3 Å². The van der Waals surface area contributed by atoms with Gasteiger partial charge in [0.2, 0.25) is 0 Å². The average molecular weight is 312 g/mol. The molecule has 7 heteroatoms. The smallest absolute Gasteiger partial charge is 0.358 e. The van der Waals surface area contributed by atoms with Crippen LogP contribution in [0.2, 0.25) is 10.0 Å². The summed E-state index contributed by atoms with van der Waals surface area (Å²) >= 11 is 12.0. The van der Waals surface area contributed by atoms with Crippen molar-refractivity contribution in [3.05, 3.63) is 45.2 Å². The van der Waals surface area contributed by atoms with E-state index in [9.17, 15) is 4.79 Å². The summed E-state index contributed by atoms with van der Waals surface area (Å²) in [6.45, 7) is 0. The van der Waals surface area contributed by atoms with Gasteiger partial charge in [-0.3, -0.25) is 0 Å². The van der Waals surface area contributed by atoms with E-state index >= 15 is 0 Å². The van der Waals surface area contributed by atoms with Gasteiger partial charge in [-0.1, -0.05) is 34.5 Å². The second-order valence-electron chi connectivity index (χ2n) is 4.72. The molecule has 1 atom stereocenters. The number of rotatable bonds is 2. The van der Waals surface area contributed by atoms with E-state index in [1.807, 2.05) is 6.07 Å². The number of carboxylic acids is 1. The van der Waals surface area contributed by atoms with E-state index in [-0.39, 0.29) is 11.7 Å². The lowest BCUT2D eigenvalue weighted by molar-refractivity contribution is 0.0688. The first kappa shape index (κ1) is 13.4. The van der Waals surface area contributed by atoms with E-state index in [0.717, 1.165) is 18.4 Å². The summed E-state index contributed by atoms with van der Waals surface area (Å²) < 4.78 is 1.69. The molecule has 0 saturated carbocycles. The normalized spacial score (nSPS) is 17.8. The van der Waals surface area contributed by atoms with Gasteiger partial charge in [0.05, 0.1) is 21.8 Å². The van der Waals surface area contributed by atoms with Crippen molar-refractivity contribution >= 4 is 29.2 Å². The number of aromatic carboxylic acids is 1. The summed E-state index contributed by atoms with van der Waals surface area (Å²) in [4.78, 5) is 11.1. The fourth-order valence-corrected chi connectivity index (χ4v) is 2.88. The summed E-state index contributed by atoms with van der Waals surface area (Å²) in [5.74, 6) is -1.04. The van der Waals surface area contributed by atoms with Gasteiger partial charge in [-0.15, -0.1) is 5.10 Å². The standard InChI is InChI=1S/C13H11Cl2N3O2/c14-8-5-4-7(6-9(8)15)10-2-1-3-11-12(13(19)20)16-17-18(10)11/h4-6,10H,1-3H2,(H,19,20). The van der Waals surface area contributed by atoms with Crippen LogP contribution in [0.5, 0.6) is 0 Å². The van der Waals surface area contributed by atoms with Crippen LogP contribution in [0.4, 0.5) is 0 Å². The predicted molar refractivity (Wildman–Crippen MR) is 74.5 cm³/mol. The third-order valence-electron chi connectivity index (χ3n) is 3.51. The SMILES string of the molecule is O=C(O)c1nnn2c1CCCC2c1ccc(Cl)c(Cl)c1. The molecule has 1 aromatic heterocycles.